The molecule has 0 radical (unpaired) electrons. The summed E-state index contributed by atoms with van der Waals surface area (Å²) in [4.78, 5) is 18.5. The van der Waals surface area contributed by atoms with Gasteiger partial charge in [-0.1, -0.05) is 25.1 Å². The Morgan fingerprint density at radius 2 is 1.86 bits per heavy atom. The first-order valence-electron chi connectivity index (χ1n) is 9.09. The highest BCUT2D eigenvalue weighted by Crippen LogP contribution is 2.25. The Hall–Kier alpha value is -2.97. The van der Waals surface area contributed by atoms with Crippen LogP contribution in [0.15, 0.2) is 69.7 Å². The van der Waals surface area contributed by atoms with Crippen LogP contribution in [-0.2, 0) is 16.4 Å². The molecule has 0 unspecified atom stereocenters. The van der Waals surface area contributed by atoms with Gasteiger partial charge in [-0.3, -0.25) is 14.1 Å². The van der Waals surface area contributed by atoms with E-state index in [0.717, 1.165) is 11.3 Å². The number of aromatic nitrogens is 2. The summed E-state index contributed by atoms with van der Waals surface area (Å²) < 4.78 is 29.8. The van der Waals surface area contributed by atoms with E-state index in [1.54, 1.807) is 55.5 Å². The van der Waals surface area contributed by atoms with E-state index in [1.807, 2.05) is 19.1 Å². The zero-order chi connectivity index (χ0) is 20.6. The van der Waals surface area contributed by atoms with Crippen LogP contribution in [0.3, 0.4) is 0 Å². The van der Waals surface area contributed by atoms with Gasteiger partial charge in [-0.25, -0.2) is 13.4 Å². The minimum atomic E-state index is -3.69. The van der Waals surface area contributed by atoms with Gasteiger partial charge in [0.25, 0.3) is 15.6 Å². The zero-order valence-electron chi connectivity index (χ0n) is 15.9. The zero-order valence-corrected chi connectivity index (χ0v) is 17.5. The smallest absolute Gasteiger partial charge is 0.271 e. The lowest BCUT2D eigenvalue weighted by atomic mass is 10.2. The summed E-state index contributed by atoms with van der Waals surface area (Å²) in [5, 5.41) is 0.509. The Labute approximate surface area is 172 Å². The first kappa shape index (κ1) is 19.4. The average molecular weight is 426 g/mol. The number of benzene rings is 2. The van der Waals surface area contributed by atoms with Crippen LogP contribution in [0.4, 0.5) is 5.69 Å². The number of sulfonamides is 1. The largest absolute Gasteiger partial charge is 0.279 e. The predicted octanol–water partition coefficient (Wildman–Crippen LogP) is 4.12. The molecule has 4 rings (SSSR count). The highest BCUT2D eigenvalue weighted by atomic mass is 32.2. The number of fused-ring (bicyclic) bond motifs is 1. The number of hydrogen-bond acceptors (Lipinski definition) is 5. The first-order valence-corrected chi connectivity index (χ1v) is 11.4. The Morgan fingerprint density at radius 3 is 2.62 bits per heavy atom. The number of thiophene rings is 1. The number of nitrogens with zero attached hydrogens (tertiary/aromatic N) is 2. The first-order chi connectivity index (χ1) is 13.9. The Kier molecular flexibility index (Phi) is 4.97. The maximum Gasteiger partial charge on any atom is 0.271 e. The van der Waals surface area contributed by atoms with E-state index >= 15 is 0 Å². The van der Waals surface area contributed by atoms with E-state index in [9.17, 15) is 13.2 Å². The molecule has 0 bridgehead atoms. The minimum absolute atomic E-state index is 0.195. The summed E-state index contributed by atoms with van der Waals surface area (Å²) in [5.74, 6) is 0.527. The van der Waals surface area contributed by atoms with Gasteiger partial charge in [0.05, 0.1) is 22.3 Å². The minimum Gasteiger partial charge on any atom is -0.279 e. The van der Waals surface area contributed by atoms with Gasteiger partial charge in [-0.2, -0.15) is 0 Å². The summed E-state index contributed by atoms with van der Waals surface area (Å²) in [6, 6.07) is 17.3. The van der Waals surface area contributed by atoms with Gasteiger partial charge in [-0.15, -0.1) is 11.3 Å². The lowest BCUT2D eigenvalue weighted by Crippen LogP contribution is -2.22. The van der Waals surface area contributed by atoms with E-state index in [2.05, 4.69) is 9.71 Å². The van der Waals surface area contributed by atoms with Crippen LogP contribution < -0.4 is 10.3 Å². The molecule has 0 aliphatic rings. The van der Waals surface area contributed by atoms with Gasteiger partial charge >= 0.3 is 0 Å². The van der Waals surface area contributed by atoms with Crippen molar-refractivity contribution in [1.82, 2.24) is 9.55 Å². The Bertz CT molecular complexity index is 1370. The van der Waals surface area contributed by atoms with Crippen LogP contribution in [-0.4, -0.2) is 18.0 Å². The van der Waals surface area contributed by atoms with Crippen LogP contribution in [0, 0.1) is 6.92 Å². The van der Waals surface area contributed by atoms with Gasteiger partial charge in [0.15, 0.2) is 0 Å². The fourth-order valence-corrected chi connectivity index (χ4v) is 5.50. The molecular formula is C21H19N3O3S2. The lowest BCUT2D eigenvalue weighted by Gasteiger charge is -2.13. The predicted molar refractivity (Wildman–Crippen MR) is 117 cm³/mol. The van der Waals surface area contributed by atoms with Crippen molar-refractivity contribution in [3.05, 3.63) is 81.7 Å². The molecule has 4 aromatic rings. The molecule has 0 amide bonds. The second-order valence-electron chi connectivity index (χ2n) is 6.55. The maximum absolute atomic E-state index is 13.0. The van der Waals surface area contributed by atoms with Crippen molar-refractivity contribution in [2.24, 2.45) is 0 Å². The topological polar surface area (TPSA) is 81.1 Å². The third-order valence-electron chi connectivity index (χ3n) is 4.55. The maximum atomic E-state index is 13.0. The van der Waals surface area contributed by atoms with Crippen LogP contribution >= 0.6 is 11.3 Å². The molecule has 148 valence electrons. The van der Waals surface area contributed by atoms with Crippen molar-refractivity contribution < 1.29 is 8.42 Å². The van der Waals surface area contributed by atoms with Crippen molar-refractivity contribution in [2.75, 3.05) is 4.72 Å². The molecule has 2 aromatic heterocycles. The highest BCUT2D eigenvalue weighted by molar-refractivity contribution is 7.94. The van der Waals surface area contributed by atoms with Gasteiger partial charge in [0.1, 0.15) is 10.0 Å². The molecule has 0 aliphatic heterocycles. The number of nitrogens with one attached hydrogen (secondary N) is 1. The standard InChI is InChI=1S/C21H19N3O3S2/c1-3-17-11-12-20(28-17)29(26,27)23-15-7-6-8-16(13-15)24-14(2)22-19-10-5-4-9-18(19)21(24)25/h4-13,23H,3H2,1-2H3. The molecule has 0 atom stereocenters. The Morgan fingerprint density at radius 1 is 1.07 bits per heavy atom. The third kappa shape index (κ3) is 3.68. The van der Waals surface area contributed by atoms with E-state index < -0.39 is 10.0 Å². The molecule has 0 fully saturated rings. The van der Waals surface area contributed by atoms with E-state index in [0.29, 0.717) is 28.1 Å². The van der Waals surface area contributed by atoms with E-state index in [4.69, 9.17) is 0 Å². The summed E-state index contributed by atoms with van der Waals surface area (Å²) in [7, 11) is -3.69. The van der Waals surface area contributed by atoms with Gasteiger partial charge in [0.2, 0.25) is 0 Å². The highest BCUT2D eigenvalue weighted by Gasteiger charge is 2.17. The van der Waals surface area contributed by atoms with E-state index in [-0.39, 0.29) is 9.77 Å². The van der Waals surface area contributed by atoms with Crippen molar-refractivity contribution in [2.45, 2.75) is 24.5 Å². The molecule has 29 heavy (non-hydrogen) atoms. The van der Waals surface area contributed by atoms with Crippen molar-refractivity contribution in [3.8, 4) is 5.69 Å². The average Bonchev–Trinajstić information content (AvgIpc) is 3.18. The van der Waals surface area contributed by atoms with Crippen molar-refractivity contribution in [1.29, 1.82) is 0 Å². The normalized spacial score (nSPS) is 11.7. The molecule has 0 saturated heterocycles. The quantitative estimate of drug-likeness (QED) is 0.522. The molecular weight excluding hydrogens is 406 g/mol. The van der Waals surface area contributed by atoms with Crippen LogP contribution in [0.25, 0.3) is 16.6 Å². The van der Waals surface area contributed by atoms with Crippen LogP contribution in [0.2, 0.25) is 0 Å². The molecule has 2 aromatic carbocycles. The molecule has 2 heterocycles. The SMILES string of the molecule is CCc1ccc(S(=O)(=O)Nc2cccc(-n3c(C)nc4ccccc4c3=O)c2)s1. The van der Waals surface area contributed by atoms with Gasteiger partial charge in [-0.05, 0) is 55.8 Å². The molecule has 8 heteroatoms. The Balaban J connectivity index is 1.75. The number of hydrogen-bond donors (Lipinski definition) is 1. The number of aryl methyl sites for hydroxylation is 2. The summed E-state index contributed by atoms with van der Waals surface area (Å²) in [6.07, 6.45) is 0.785. The second-order valence-corrected chi connectivity index (χ2v) is 9.62. The summed E-state index contributed by atoms with van der Waals surface area (Å²) in [5.41, 5.74) is 1.37. The molecule has 6 nitrogen and oxygen atoms in total. The van der Waals surface area contributed by atoms with Gasteiger partial charge < -0.3 is 0 Å². The number of para-hydroxylation sites is 1. The molecule has 0 spiro atoms. The summed E-state index contributed by atoms with van der Waals surface area (Å²) >= 11 is 1.25. The van der Waals surface area contributed by atoms with E-state index in [1.165, 1.54) is 15.9 Å². The van der Waals surface area contributed by atoms with Crippen LogP contribution in [0.5, 0.6) is 0 Å². The van der Waals surface area contributed by atoms with Crippen molar-refractivity contribution >= 4 is 38.0 Å². The fourth-order valence-electron chi connectivity index (χ4n) is 3.15. The second kappa shape index (κ2) is 7.46. The van der Waals surface area contributed by atoms with Crippen LogP contribution in [0.1, 0.15) is 17.6 Å². The monoisotopic (exact) mass is 425 g/mol. The molecule has 1 N–H and O–H groups in total. The fraction of sp³-hybridized carbons (Fsp3) is 0.143. The molecule has 0 saturated carbocycles. The van der Waals surface area contributed by atoms with Crippen molar-refractivity contribution in [3.63, 3.8) is 0 Å². The molecule has 0 aliphatic carbocycles. The lowest BCUT2D eigenvalue weighted by molar-refractivity contribution is 0.603. The number of rotatable bonds is 5. The number of anilines is 1. The third-order valence-corrected chi connectivity index (χ3v) is 7.65. The summed E-state index contributed by atoms with van der Waals surface area (Å²) in [6.45, 7) is 3.74. The van der Waals surface area contributed by atoms with Gasteiger partial charge in [0, 0.05) is 4.88 Å².